The van der Waals surface area contributed by atoms with Gasteiger partial charge in [0.15, 0.2) is 9.84 Å². The lowest BCUT2D eigenvalue weighted by Gasteiger charge is -2.28. The fourth-order valence-electron chi connectivity index (χ4n) is 3.99. The predicted octanol–water partition coefficient (Wildman–Crippen LogP) is 3.56. The Balaban J connectivity index is 1.84. The van der Waals surface area contributed by atoms with Crippen molar-refractivity contribution in [2.45, 2.75) is 30.4 Å². The van der Waals surface area contributed by atoms with Gasteiger partial charge in [0.05, 0.1) is 40.1 Å². The number of allylic oxidation sites excluding steroid dienone is 2. The molecule has 2 aromatic rings. The van der Waals surface area contributed by atoms with Gasteiger partial charge in [0.1, 0.15) is 12.4 Å². The fraction of sp³-hybridized carbons (Fsp3) is 0.250. The molecule has 2 heterocycles. The Morgan fingerprint density at radius 1 is 1.12 bits per heavy atom. The third-order valence-electron chi connectivity index (χ3n) is 5.37. The first-order chi connectivity index (χ1) is 15.8. The monoisotopic (exact) mass is 469 g/mol. The Hall–Kier alpha value is -3.59. The number of carbonyl (C=O) groups excluding carboxylic acids is 2. The average molecular weight is 470 g/mol. The molecule has 0 saturated heterocycles. The summed E-state index contributed by atoms with van der Waals surface area (Å²) in [6.45, 7) is 3.43. The van der Waals surface area contributed by atoms with E-state index in [1.165, 1.54) is 6.07 Å². The first-order valence-corrected chi connectivity index (χ1v) is 12.0. The van der Waals surface area contributed by atoms with E-state index in [0.29, 0.717) is 22.5 Å². The molecule has 1 N–H and O–H groups in total. The highest BCUT2D eigenvalue weighted by atomic mass is 32.2. The van der Waals surface area contributed by atoms with Gasteiger partial charge >= 0.3 is 12.1 Å². The average Bonchev–Trinajstić information content (AvgIpc) is 3.15. The third-order valence-corrected chi connectivity index (χ3v) is 7.13. The zero-order valence-corrected chi connectivity index (χ0v) is 19.0. The summed E-state index contributed by atoms with van der Waals surface area (Å²) in [7, 11) is -3.81. The normalized spacial score (nSPS) is 17.9. The van der Waals surface area contributed by atoms with Crippen molar-refractivity contribution in [3.05, 3.63) is 88.5 Å². The van der Waals surface area contributed by atoms with Gasteiger partial charge in [-0.05, 0) is 31.0 Å². The Kier molecular flexibility index (Phi) is 6.24. The van der Waals surface area contributed by atoms with Crippen LogP contribution in [0.2, 0.25) is 0 Å². The van der Waals surface area contributed by atoms with E-state index in [4.69, 9.17) is 14.2 Å². The molecule has 172 valence electrons. The molecule has 0 radical (unpaired) electrons. The van der Waals surface area contributed by atoms with Crippen molar-refractivity contribution in [3.63, 3.8) is 0 Å². The van der Waals surface area contributed by atoms with E-state index in [2.05, 4.69) is 5.32 Å². The van der Waals surface area contributed by atoms with E-state index >= 15 is 0 Å². The van der Waals surface area contributed by atoms with Gasteiger partial charge < -0.3 is 19.5 Å². The number of nitrogens with one attached hydrogen (secondary N) is 1. The Bertz CT molecular complexity index is 1260. The zero-order chi connectivity index (χ0) is 23.6. The summed E-state index contributed by atoms with van der Waals surface area (Å²) in [5.74, 6) is -1.69. The molecule has 9 heteroatoms. The van der Waals surface area contributed by atoms with Crippen LogP contribution >= 0.6 is 0 Å². The summed E-state index contributed by atoms with van der Waals surface area (Å²) in [5.41, 5.74) is 2.13. The zero-order valence-electron chi connectivity index (χ0n) is 18.2. The van der Waals surface area contributed by atoms with Crippen LogP contribution in [0.5, 0.6) is 0 Å². The number of carbonyl (C=O) groups is 2. The largest absolute Gasteiger partial charge is 0.513 e. The Morgan fingerprint density at radius 2 is 1.82 bits per heavy atom. The molecule has 2 aliphatic heterocycles. The third kappa shape index (κ3) is 4.49. The molecule has 1 unspecified atom stereocenters. The van der Waals surface area contributed by atoms with Gasteiger partial charge in [0.25, 0.3) is 0 Å². The van der Waals surface area contributed by atoms with Crippen LogP contribution in [0.15, 0.2) is 82.2 Å². The lowest BCUT2D eigenvalue weighted by Crippen LogP contribution is -2.29. The minimum absolute atomic E-state index is 0.0215. The van der Waals surface area contributed by atoms with Crippen LogP contribution in [-0.2, 0) is 34.6 Å². The summed E-state index contributed by atoms with van der Waals surface area (Å²) < 4.78 is 42.5. The van der Waals surface area contributed by atoms with Crippen LogP contribution in [0.4, 0.5) is 4.79 Å². The van der Waals surface area contributed by atoms with E-state index in [9.17, 15) is 18.0 Å². The molecule has 33 heavy (non-hydrogen) atoms. The van der Waals surface area contributed by atoms with Crippen LogP contribution < -0.4 is 5.32 Å². The summed E-state index contributed by atoms with van der Waals surface area (Å²) in [4.78, 5) is 24.9. The van der Waals surface area contributed by atoms with Crippen molar-refractivity contribution in [1.29, 1.82) is 0 Å². The molecule has 0 spiro atoms. The second-order valence-electron chi connectivity index (χ2n) is 7.58. The smallest absolute Gasteiger partial charge is 0.456 e. The van der Waals surface area contributed by atoms with E-state index in [-0.39, 0.29) is 35.2 Å². The molecule has 2 aromatic carbocycles. The fourth-order valence-corrected chi connectivity index (χ4v) is 5.61. The summed E-state index contributed by atoms with van der Waals surface area (Å²) >= 11 is 0. The van der Waals surface area contributed by atoms with Crippen molar-refractivity contribution in [2.24, 2.45) is 0 Å². The number of dihydropyridines is 1. The number of ether oxygens (including phenoxy) is 3. The quantitative estimate of drug-likeness (QED) is 0.640. The lowest BCUT2D eigenvalue weighted by molar-refractivity contribution is -0.136. The van der Waals surface area contributed by atoms with E-state index < -0.39 is 27.9 Å². The van der Waals surface area contributed by atoms with Gasteiger partial charge in [-0.2, -0.15) is 0 Å². The molecule has 0 fully saturated rings. The van der Waals surface area contributed by atoms with Crippen molar-refractivity contribution in [3.8, 4) is 0 Å². The molecule has 4 rings (SSSR count). The van der Waals surface area contributed by atoms with E-state index in [0.717, 1.165) is 0 Å². The number of sulfone groups is 1. The molecule has 0 aliphatic carbocycles. The maximum Gasteiger partial charge on any atom is 0.513 e. The van der Waals surface area contributed by atoms with Gasteiger partial charge in [-0.3, -0.25) is 0 Å². The molecule has 8 nitrogen and oxygen atoms in total. The van der Waals surface area contributed by atoms with Gasteiger partial charge in [-0.1, -0.05) is 48.5 Å². The van der Waals surface area contributed by atoms with Crippen LogP contribution in [0.25, 0.3) is 0 Å². The SMILES string of the molecule is CCOC(=O)OC1=C(C)NC2=C(C(=O)OC2)C1c1ccccc1S(=O)(=O)Cc1ccccc1. The Morgan fingerprint density at radius 3 is 2.55 bits per heavy atom. The van der Waals surface area contributed by atoms with Crippen LogP contribution in [0, 0.1) is 0 Å². The highest BCUT2D eigenvalue weighted by molar-refractivity contribution is 7.90. The van der Waals surface area contributed by atoms with Crippen molar-refractivity contribution >= 4 is 22.0 Å². The van der Waals surface area contributed by atoms with Crippen LogP contribution in [-0.4, -0.2) is 33.8 Å². The molecular formula is C24H23NO7S. The maximum atomic E-state index is 13.5. The summed E-state index contributed by atoms with van der Waals surface area (Å²) in [6, 6.07) is 15.2. The second kappa shape index (κ2) is 9.11. The molecule has 1 atom stereocenters. The first-order valence-electron chi connectivity index (χ1n) is 10.4. The minimum Gasteiger partial charge on any atom is -0.456 e. The number of esters is 1. The number of rotatable bonds is 6. The van der Waals surface area contributed by atoms with Crippen LogP contribution in [0.3, 0.4) is 0 Å². The number of benzene rings is 2. The molecular weight excluding hydrogens is 446 g/mol. The van der Waals surface area contributed by atoms with E-state index in [1.807, 2.05) is 6.07 Å². The van der Waals surface area contributed by atoms with E-state index in [1.54, 1.807) is 56.3 Å². The maximum absolute atomic E-state index is 13.5. The van der Waals surface area contributed by atoms with Gasteiger partial charge in [-0.15, -0.1) is 0 Å². The second-order valence-corrected chi connectivity index (χ2v) is 9.54. The number of cyclic esters (lactones) is 1. The molecule has 0 saturated carbocycles. The first kappa shape index (κ1) is 22.6. The highest BCUT2D eigenvalue weighted by Gasteiger charge is 2.43. The molecule has 0 bridgehead atoms. The van der Waals surface area contributed by atoms with Crippen molar-refractivity contribution in [2.75, 3.05) is 13.2 Å². The Labute approximate surface area is 191 Å². The molecule has 0 aromatic heterocycles. The number of hydrogen-bond donors (Lipinski definition) is 1. The standard InChI is InChI=1S/C24H23NO7S/c1-3-30-24(27)32-22-15(2)25-18-13-31-23(26)21(18)20(22)17-11-7-8-12-19(17)33(28,29)14-16-9-5-4-6-10-16/h4-12,20,25H,3,13-14H2,1-2H3. The van der Waals surface area contributed by atoms with Crippen molar-refractivity contribution in [1.82, 2.24) is 5.32 Å². The van der Waals surface area contributed by atoms with Crippen LogP contribution in [0.1, 0.15) is 30.9 Å². The summed E-state index contributed by atoms with van der Waals surface area (Å²) in [6.07, 6.45) is -0.946. The minimum atomic E-state index is -3.81. The van der Waals surface area contributed by atoms with Crippen molar-refractivity contribution < 1.29 is 32.2 Å². The molecule has 0 amide bonds. The topological polar surface area (TPSA) is 108 Å². The highest BCUT2D eigenvalue weighted by Crippen LogP contribution is 2.43. The lowest BCUT2D eigenvalue weighted by atomic mass is 9.85. The molecule has 2 aliphatic rings. The summed E-state index contributed by atoms with van der Waals surface area (Å²) in [5, 5.41) is 3.04. The van der Waals surface area contributed by atoms with Gasteiger partial charge in [-0.25, -0.2) is 18.0 Å². The van der Waals surface area contributed by atoms with Gasteiger partial charge in [0.2, 0.25) is 0 Å². The predicted molar refractivity (Wildman–Crippen MR) is 118 cm³/mol. The number of hydrogen-bond acceptors (Lipinski definition) is 8. The van der Waals surface area contributed by atoms with Gasteiger partial charge in [0, 0.05) is 0 Å².